The number of nitrogens with one attached hydrogen (secondary N) is 3. The molecule has 2 aromatic rings. The molecule has 8 nitrogen and oxygen atoms in total. The van der Waals surface area contributed by atoms with Crippen molar-refractivity contribution in [3.63, 3.8) is 0 Å². The van der Waals surface area contributed by atoms with Gasteiger partial charge in [-0.15, -0.1) is 0 Å². The van der Waals surface area contributed by atoms with E-state index >= 15 is 0 Å². The molecular formula is C14H19N7O. The van der Waals surface area contributed by atoms with Gasteiger partial charge in [-0.1, -0.05) is 0 Å². The van der Waals surface area contributed by atoms with E-state index in [1.54, 1.807) is 24.7 Å². The summed E-state index contributed by atoms with van der Waals surface area (Å²) >= 11 is 0. The number of aromatic nitrogens is 4. The highest BCUT2D eigenvalue weighted by Crippen LogP contribution is 2.15. The Morgan fingerprint density at radius 1 is 1.36 bits per heavy atom. The fourth-order valence-electron chi connectivity index (χ4n) is 2.53. The third kappa shape index (κ3) is 3.72. The first-order chi connectivity index (χ1) is 10.8. The second-order valence-electron chi connectivity index (χ2n) is 5.24. The molecular weight excluding hydrogens is 282 g/mol. The molecule has 3 heterocycles. The van der Waals surface area contributed by atoms with Crippen LogP contribution in [0.3, 0.4) is 0 Å². The molecule has 1 fully saturated rings. The zero-order chi connectivity index (χ0) is 15.2. The molecule has 2 amide bonds. The molecule has 3 rings (SSSR count). The molecule has 1 aliphatic heterocycles. The normalized spacial score (nSPS) is 18.0. The maximum Gasteiger partial charge on any atom is 0.315 e. The summed E-state index contributed by atoms with van der Waals surface area (Å²) in [4.78, 5) is 22.6. The van der Waals surface area contributed by atoms with E-state index in [-0.39, 0.29) is 12.1 Å². The summed E-state index contributed by atoms with van der Waals surface area (Å²) in [5.41, 5.74) is 0.873. The standard InChI is InChI=1S/C14H19N7O/c22-14(17-9-11-4-7-18-20-11)19-12-3-1-8-21(10-12)13-15-5-2-6-16-13/h2,4-7,12H,1,3,8-10H2,(H,18,20)(H2,17,19,22)/t12-/m0/s1. The van der Waals surface area contributed by atoms with Gasteiger partial charge in [-0.3, -0.25) is 5.10 Å². The molecule has 0 spiro atoms. The van der Waals surface area contributed by atoms with E-state index in [2.05, 4.69) is 35.7 Å². The fourth-order valence-corrected chi connectivity index (χ4v) is 2.53. The van der Waals surface area contributed by atoms with Gasteiger partial charge in [0.15, 0.2) is 0 Å². The van der Waals surface area contributed by atoms with Crippen molar-refractivity contribution in [1.82, 2.24) is 30.8 Å². The van der Waals surface area contributed by atoms with Gasteiger partial charge in [0.2, 0.25) is 5.95 Å². The largest absolute Gasteiger partial charge is 0.339 e. The monoisotopic (exact) mass is 301 g/mol. The van der Waals surface area contributed by atoms with Crippen LogP contribution in [0.4, 0.5) is 10.7 Å². The van der Waals surface area contributed by atoms with E-state index in [9.17, 15) is 4.79 Å². The second-order valence-corrected chi connectivity index (χ2v) is 5.24. The number of nitrogens with zero attached hydrogens (tertiary/aromatic N) is 4. The molecule has 0 aromatic carbocycles. The number of rotatable bonds is 4. The average Bonchev–Trinajstić information content (AvgIpc) is 3.08. The van der Waals surface area contributed by atoms with E-state index in [1.807, 2.05) is 6.07 Å². The smallest absolute Gasteiger partial charge is 0.315 e. The van der Waals surface area contributed by atoms with Gasteiger partial charge in [-0.25, -0.2) is 14.8 Å². The van der Waals surface area contributed by atoms with Crippen molar-refractivity contribution < 1.29 is 4.79 Å². The predicted octanol–water partition coefficient (Wildman–Crippen LogP) is 0.668. The molecule has 3 N–H and O–H groups in total. The minimum Gasteiger partial charge on any atom is -0.339 e. The fraction of sp³-hybridized carbons (Fsp3) is 0.429. The van der Waals surface area contributed by atoms with Gasteiger partial charge in [-0.2, -0.15) is 5.10 Å². The quantitative estimate of drug-likeness (QED) is 0.771. The highest BCUT2D eigenvalue weighted by atomic mass is 16.2. The number of hydrogen-bond acceptors (Lipinski definition) is 5. The van der Waals surface area contributed by atoms with Gasteiger partial charge >= 0.3 is 6.03 Å². The lowest BCUT2D eigenvalue weighted by Gasteiger charge is -2.33. The van der Waals surface area contributed by atoms with E-state index in [4.69, 9.17) is 0 Å². The molecule has 8 heteroatoms. The molecule has 0 bridgehead atoms. The molecule has 0 aliphatic carbocycles. The molecule has 1 saturated heterocycles. The summed E-state index contributed by atoms with van der Waals surface area (Å²) in [6, 6.07) is 3.55. The summed E-state index contributed by atoms with van der Waals surface area (Å²) in [6.45, 7) is 2.07. The maximum atomic E-state index is 11.9. The van der Waals surface area contributed by atoms with Crippen LogP contribution >= 0.6 is 0 Å². The lowest BCUT2D eigenvalue weighted by Crippen LogP contribution is -2.50. The lowest BCUT2D eigenvalue weighted by molar-refractivity contribution is 0.234. The summed E-state index contributed by atoms with van der Waals surface area (Å²) in [7, 11) is 0. The topological polar surface area (TPSA) is 98.8 Å². The number of hydrogen-bond donors (Lipinski definition) is 3. The van der Waals surface area contributed by atoms with E-state index in [0.29, 0.717) is 12.5 Å². The van der Waals surface area contributed by atoms with Crippen molar-refractivity contribution in [3.8, 4) is 0 Å². The van der Waals surface area contributed by atoms with Crippen LogP contribution in [-0.4, -0.2) is 45.3 Å². The SMILES string of the molecule is O=C(NCc1ccn[nH]1)N[C@H]1CCCN(c2ncccn2)C1. The van der Waals surface area contributed by atoms with Crippen LogP contribution in [0.25, 0.3) is 0 Å². The predicted molar refractivity (Wildman–Crippen MR) is 81.2 cm³/mol. The first-order valence-corrected chi connectivity index (χ1v) is 7.36. The highest BCUT2D eigenvalue weighted by Gasteiger charge is 2.22. The summed E-state index contributed by atoms with van der Waals surface area (Å²) in [6.07, 6.45) is 7.09. The first kappa shape index (κ1) is 14.3. The molecule has 1 atom stereocenters. The minimum absolute atomic E-state index is 0.0966. The zero-order valence-electron chi connectivity index (χ0n) is 12.2. The van der Waals surface area contributed by atoms with Gasteiger partial charge in [0.1, 0.15) is 0 Å². The third-order valence-corrected chi connectivity index (χ3v) is 3.59. The second kappa shape index (κ2) is 6.88. The molecule has 0 saturated carbocycles. The Morgan fingerprint density at radius 2 is 2.23 bits per heavy atom. The van der Waals surface area contributed by atoms with Gasteiger partial charge in [0, 0.05) is 37.7 Å². The van der Waals surface area contributed by atoms with Gasteiger partial charge in [0.05, 0.1) is 12.2 Å². The summed E-state index contributed by atoms with van der Waals surface area (Å²) in [5, 5.41) is 12.5. The Balaban J connectivity index is 1.48. The van der Waals surface area contributed by atoms with E-state index in [1.165, 1.54) is 0 Å². The zero-order valence-corrected chi connectivity index (χ0v) is 12.2. The van der Waals surface area contributed by atoms with Gasteiger partial charge in [0.25, 0.3) is 0 Å². The maximum absolute atomic E-state index is 11.9. The van der Waals surface area contributed by atoms with Crippen molar-refractivity contribution in [2.45, 2.75) is 25.4 Å². The van der Waals surface area contributed by atoms with Crippen LogP contribution < -0.4 is 15.5 Å². The number of urea groups is 1. The van der Waals surface area contributed by atoms with Crippen molar-refractivity contribution in [2.24, 2.45) is 0 Å². The molecule has 22 heavy (non-hydrogen) atoms. The third-order valence-electron chi connectivity index (χ3n) is 3.59. The average molecular weight is 301 g/mol. The molecule has 1 aliphatic rings. The number of piperidine rings is 1. The van der Waals surface area contributed by atoms with Crippen molar-refractivity contribution in [1.29, 1.82) is 0 Å². The number of aromatic amines is 1. The number of anilines is 1. The molecule has 2 aromatic heterocycles. The molecule has 116 valence electrons. The Kier molecular flexibility index (Phi) is 4.47. The van der Waals surface area contributed by atoms with Gasteiger partial charge in [-0.05, 0) is 25.0 Å². The number of carbonyl (C=O) groups is 1. The Labute approximate surface area is 128 Å². The highest BCUT2D eigenvalue weighted by molar-refractivity contribution is 5.74. The van der Waals surface area contributed by atoms with Crippen LogP contribution in [0.5, 0.6) is 0 Å². The summed E-state index contributed by atoms with van der Waals surface area (Å²) in [5.74, 6) is 0.715. The Bertz CT molecular complexity index is 587. The Hall–Kier alpha value is -2.64. The van der Waals surface area contributed by atoms with Crippen molar-refractivity contribution in [2.75, 3.05) is 18.0 Å². The van der Waals surface area contributed by atoms with Crippen LogP contribution in [0.1, 0.15) is 18.5 Å². The minimum atomic E-state index is -0.171. The van der Waals surface area contributed by atoms with Crippen molar-refractivity contribution >= 4 is 12.0 Å². The number of amides is 2. The first-order valence-electron chi connectivity index (χ1n) is 7.36. The number of H-pyrrole nitrogens is 1. The molecule has 0 unspecified atom stereocenters. The van der Waals surface area contributed by atoms with E-state index < -0.39 is 0 Å². The van der Waals surface area contributed by atoms with Crippen LogP contribution in [0.2, 0.25) is 0 Å². The summed E-state index contributed by atoms with van der Waals surface area (Å²) < 4.78 is 0. The van der Waals surface area contributed by atoms with Crippen LogP contribution in [0.15, 0.2) is 30.7 Å². The van der Waals surface area contributed by atoms with Crippen LogP contribution in [0, 0.1) is 0 Å². The van der Waals surface area contributed by atoms with Gasteiger partial charge < -0.3 is 15.5 Å². The van der Waals surface area contributed by atoms with Crippen LogP contribution in [-0.2, 0) is 6.54 Å². The number of carbonyl (C=O) groups excluding carboxylic acids is 1. The van der Waals surface area contributed by atoms with E-state index in [0.717, 1.165) is 31.6 Å². The Morgan fingerprint density at radius 3 is 3.00 bits per heavy atom. The lowest BCUT2D eigenvalue weighted by atomic mass is 10.1. The molecule has 0 radical (unpaired) electrons. The van der Waals surface area contributed by atoms with Crippen molar-refractivity contribution in [3.05, 3.63) is 36.4 Å².